The number of H-pyrrole nitrogens is 1. The number of thioether (sulfide) groups is 1. The second kappa shape index (κ2) is 6.61. The highest BCUT2D eigenvalue weighted by Crippen LogP contribution is 2.15. The number of aromatic nitrogens is 2. The molecular weight excluding hydrogens is 258 g/mol. The molecule has 0 aliphatic rings. The normalized spacial score (nSPS) is 10.8. The summed E-state index contributed by atoms with van der Waals surface area (Å²) < 4.78 is 0. The topological polar surface area (TPSA) is 57.8 Å². The average Bonchev–Trinajstić information content (AvgIpc) is 2.81. The zero-order valence-corrected chi connectivity index (χ0v) is 12.1. The molecule has 0 aliphatic carbocycles. The number of amides is 1. The molecule has 0 spiro atoms. The van der Waals surface area contributed by atoms with Crippen LogP contribution in [0.3, 0.4) is 0 Å². The van der Waals surface area contributed by atoms with Gasteiger partial charge in [0.25, 0.3) is 0 Å². The van der Waals surface area contributed by atoms with Gasteiger partial charge in [0.1, 0.15) is 5.82 Å². The SMILES string of the molecule is CCSCCC(=O)NCc1nc2c(C)cccc2[nH]1. The quantitative estimate of drug-likeness (QED) is 0.798. The zero-order valence-electron chi connectivity index (χ0n) is 11.3. The minimum absolute atomic E-state index is 0.0816. The molecule has 2 N–H and O–H groups in total. The Kier molecular flexibility index (Phi) is 4.85. The Balaban J connectivity index is 1.91. The summed E-state index contributed by atoms with van der Waals surface area (Å²) in [5.74, 6) is 2.82. The Bertz CT molecular complexity index is 565. The summed E-state index contributed by atoms with van der Waals surface area (Å²) in [6.07, 6.45) is 0.567. The molecule has 0 fully saturated rings. The van der Waals surface area contributed by atoms with E-state index in [0.29, 0.717) is 13.0 Å². The lowest BCUT2D eigenvalue weighted by Gasteiger charge is -2.02. The number of carbonyl (C=O) groups is 1. The van der Waals surface area contributed by atoms with Crippen LogP contribution in [0.1, 0.15) is 24.7 Å². The lowest BCUT2D eigenvalue weighted by atomic mass is 10.2. The van der Waals surface area contributed by atoms with E-state index in [2.05, 4.69) is 22.2 Å². The number of benzene rings is 1. The number of rotatable bonds is 6. The number of imidazole rings is 1. The molecule has 1 aromatic heterocycles. The van der Waals surface area contributed by atoms with Crippen molar-refractivity contribution >= 4 is 28.7 Å². The Labute approximate surface area is 117 Å². The first-order valence-electron chi connectivity index (χ1n) is 6.49. The second-order valence-electron chi connectivity index (χ2n) is 4.38. The molecule has 0 saturated heterocycles. The number of aryl methyl sites for hydroxylation is 1. The maximum atomic E-state index is 11.6. The first-order chi connectivity index (χ1) is 9.20. The number of aromatic amines is 1. The molecule has 2 aromatic rings. The Morgan fingerprint density at radius 1 is 1.47 bits per heavy atom. The van der Waals surface area contributed by atoms with Crippen molar-refractivity contribution < 1.29 is 4.79 Å². The van der Waals surface area contributed by atoms with Crippen molar-refractivity contribution in [1.82, 2.24) is 15.3 Å². The summed E-state index contributed by atoms with van der Waals surface area (Å²) >= 11 is 1.78. The molecule has 1 aromatic carbocycles. The van der Waals surface area contributed by atoms with Crippen LogP contribution in [0.15, 0.2) is 18.2 Å². The minimum Gasteiger partial charge on any atom is -0.349 e. The van der Waals surface area contributed by atoms with E-state index in [1.54, 1.807) is 11.8 Å². The Morgan fingerprint density at radius 3 is 3.05 bits per heavy atom. The van der Waals surface area contributed by atoms with Gasteiger partial charge in [-0.05, 0) is 24.3 Å². The van der Waals surface area contributed by atoms with Crippen LogP contribution in [0.5, 0.6) is 0 Å². The van der Waals surface area contributed by atoms with Gasteiger partial charge in [-0.15, -0.1) is 0 Å². The van der Waals surface area contributed by atoms with Gasteiger partial charge < -0.3 is 10.3 Å². The first kappa shape index (κ1) is 13.9. The predicted octanol–water partition coefficient (Wildman–Crippen LogP) is 2.63. The van der Waals surface area contributed by atoms with Gasteiger partial charge in [-0.2, -0.15) is 11.8 Å². The molecule has 0 unspecified atom stereocenters. The fraction of sp³-hybridized carbons (Fsp3) is 0.429. The molecule has 2 rings (SSSR count). The molecule has 0 bridgehead atoms. The van der Waals surface area contributed by atoms with Crippen LogP contribution >= 0.6 is 11.8 Å². The van der Waals surface area contributed by atoms with Gasteiger partial charge in [0.05, 0.1) is 17.6 Å². The number of fused-ring (bicyclic) bond motifs is 1. The van der Waals surface area contributed by atoms with Crippen LogP contribution in [0, 0.1) is 6.92 Å². The molecule has 0 aliphatic heterocycles. The van der Waals surface area contributed by atoms with Gasteiger partial charge >= 0.3 is 0 Å². The maximum Gasteiger partial charge on any atom is 0.221 e. The van der Waals surface area contributed by atoms with Gasteiger partial charge in [-0.25, -0.2) is 4.98 Å². The number of para-hydroxylation sites is 1. The van der Waals surface area contributed by atoms with E-state index in [0.717, 1.165) is 33.9 Å². The highest BCUT2D eigenvalue weighted by Gasteiger charge is 2.06. The van der Waals surface area contributed by atoms with E-state index in [1.165, 1.54) is 0 Å². The largest absolute Gasteiger partial charge is 0.349 e. The summed E-state index contributed by atoms with van der Waals surface area (Å²) in [5.41, 5.74) is 3.14. The number of carbonyl (C=O) groups excluding carboxylic acids is 1. The van der Waals surface area contributed by atoms with Gasteiger partial charge in [0, 0.05) is 12.2 Å². The molecule has 102 valence electrons. The zero-order chi connectivity index (χ0) is 13.7. The highest BCUT2D eigenvalue weighted by molar-refractivity contribution is 7.99. The number of nitrogens with one attached hydrogen (secondary N) is 2. The molecule has 19 heavy (non-hydrogen) atoms. The molecule has 0 saturated carbocycles. The van der Waals surface area contributed by atoms with Crippen LogP contribution < -0.4 is 5.32 Å². The molecule has 0 radical (unpaired) electrons. The summed E-state index contributed by atoms with van der Waals surface area (Å²) in [7, 11) is 0. The van der Waals surface area contributed by atoms with Crippen molar-refractivity contribution in [2.45, 2.75) is 26.8 Å². The van der Waals surface area contributed by atoms with E-state index in [4.69, 9.17) is 0 Å². The third kappa shape index (κ3) is 3.73. The number of hydrogen-bond acceptors (Lipinski definition) is 3. The van der Waals surface area contributed by atoms with Crippen LogP contribution in [-0.2, 0) is 11.3 Å². The number of hydrogen-bond donors (Lipinski definition) is 2. The summed E-state index contributed by atoms with van der Waals surface area (Å²) in [5, 5.41) is 2.89. The Morgan fingerprint density at radius 2 is 2.32 bits per heavy atom. The third-order valence-corrected chi connectivity index (χ3v) is 3.80. The van der Waals surface area contributed by atoms with Gasteiger partial charge in [0.2, 0.25) is 5.91 Å². The van der Waals surface area contributed by atoms with Crippen molar-refractivity contribution in [3.63, 3.8) is 0 Å². The molecule has 0 atom stereocenters. The lowest BCUT2D eigenvalue weighted by Crippen LogP contribution is -2.23. The van der Waals surface area contributed by atoms with Gasteiger partial charge in [-0.3, -0.25) is 4.79 Å². The van der Waals surface area contributed by atoms with Crippen LogP contribution in [0.2, 0.25) is 0 Å². The van der Waals surface area contributed by atoms with Crippen molar-refractivity contribution in [1.29, 1.82) is 0 Å². The maximum absolute atomic E-state index is 11.6. The van der Waals surface area contributed by atoms with Crippen LogP contribution in [-0.4, -0.2) is 27.4 Å². The predicted molar refractivity (Wildman–Crippen MR) is 80.3 cm³/mol. The third-order valence-electron chi connectivity index (χ3n) is 2.89. The lowest BCUT2D eigenvalue weighted by molar-refractivity contribution is -0.120. The van der Waals surface area contributed by atoms with Crippen molar-refractivity contribution in [2.75, 3.05) is 11.5 Å². The minimum atomic E-state index is 0.0816. The van der Waals surface area contributed by atoms with E-state index < -0.39 is 0 Å². The van der Waals surface area contributed by atoms with E-state index in [-0.39, 0.29) is 5.91 Å². The fourth-order valence-corrected chi connectivity index (χ4v) is 2.51. The van der Waals surface area contributed by atoms with Crippen molar-refractivity contribution in [3.05, 3.63) is 29.6 Å². The van der Waals surface area contributed by atoms with Crippen molar-refractivity contribution in [2.24, 2.45) is 0 Å². The highest BCUT2D eigenvalue weighted by atomic mass is 32.2. The standard InChI is InChI=1S/C14H19N3OS/c1-3-19-8-7-13(18)15-9-12-16-11-6-4-5-10(2)14(11)17-12/h4-6H,3,7-9H2,1-2H3,(H,15,18)(H,16,17). The molecule has 1 amide bonds. The van der Waals surface area contributed by atoms with E-state index >= 15 is 0 Å². The summed E-state index contributed by atoms with van der Waals surface area (Å²) in [6.45, 7) is 4.59. The first-order valence-corrected chi connectivity index (χ1v) is 7.65. The fourth-order valence-electron chi connectivity index (χ4n) is 1.89. The summed E-state index contributed by atoms with van der Waals surface area (Å²) in [6, 6.07) is 6.03. The molecular formula is C14H19N3OS. The van der Waals surface area contributed by atoms with Crippen molar-refractivity contribution in [3.8, 4) is 0 Å². The van der Waals surface area contributed by atoms with Crippen LogP contribution in [0.25, 0.3) is 11.0 Å². The smallest absolute Gasteiger partial charge is 0.221 e. The number of nitrogens with zero attached hydrogens (tertiary/aromatic N) is 1. The second-order valence-corrected chi connectivity index (χ2v) is 5.77. The molecule has 4 nitrogen and oxygen atoms in total. The summed E-state index contributed by atoms with van der Waals surface area (Å²) in [4.78, 5) is 19.3. The van der Waals surface area contributed by atoms with Crippen LogP contribution in [0.4, 0.5) is 0 Å². The van der Waals surface area contributed by atoms with Gasteiger partial charge in [0.15, 0.2) is 0 Å². The average molecular weight is 277 g/mol. The van der Waals surface area contributed by atoms with Gasteiger partial charge in [-0.1, -0.05) is 19.1 Å². The Hall–Kier alpha value is -1.49. The molecule has 1 heterocycles. The van der Waals surface area contributed by atoms with E-state index in [9.17, 15) is 4.79 Å². The monoisotopic (exact) mass is 277 g/mol. The molecule has 5 heteroatoms. The van der Waals surface area contributed by atoms with E-state index in [1.807, 2.05) is 25.1 Å².